The van der Waals surface area contributed by atoms with Crippen molar-refractivity contribution in [1.82, 2.24) is 14.5 Å². The minimum atomic E-state index is -0.261. The molecule has 5 nitrogen and oxygen atoms in total. The number of benzene rings is 6. The zero-order valence-corrected chi connectivity index (χ0v) is 27.5. The van der Waals surface area contributed by atoms with Gasteiger partial charge in [0.15, 0.2) is 11.0 Å². The maximum absolute atomic E-state index is 6.54. The predicted octanol–water partition coefficient (Wildman–Crippen LogP) is 9.98. The topological polar surface area (TPSA) is 46.7 Å². The molecule has 1 aliphatic heterocycles. The van der Waals surface area contributed by atoms with Crippen molar-refractivity contribution in [2.24, 2.45) is 14.1 Å². The molecule has 1 aliphatic rings. The van der Waals surface area contributed by atoms with Crippen LogP contribution in [0, 0.1) is 0 Å². The molecule has 0 atom stereocenters. The Hall–Kier alpha value is -5.94. The number of hydrogen-bond acceptors (Lipinski definition) is 2. The summed E-state index contributed by atoms with van der Waals surface area (Å²) >= 11 is 0. The molecule has 0 radical (unpaired) electrons. The highest BCUT2D eigenvalue weighted by Crippen LogP contribution is 2.50. The van der Waals surface area contributed by atoms with Gasteiger partial charge in [-0.05, 0) is 82.9 Å². The van der Waals surface area contributed by atoms with Crippen molar-refractivity contribution in [2.45, 2.75) is 19.3 Å². The average molecular weight is 624 g/mol. The minimum absolute atomic E-state index is 0.261. The highest BCUT2D eigenvalue weighted by atomic mass is 16.5. The van der Waals surface area contributed by atoms with Crippen LogP contribution in [0.25, 0.3) is 67.1 Å². The average Bonchev–Trinajstić information content (AvgIpc) is 3.64. The largest absolute Gasteiger partial charge is 0.457 e. The van der Waals surface area contributed by atoms with Gasteiger partial charge in [-0.15, -0.1) is 0 Å². The Morgan fingerprint density at radius 1 is 0.625 bits per heavy atom. The summed E-state index contributed by atoms with van der Waals surface area (Å²) in [5, 5.41) is 0. The molecule has 0 fully saturated rings. The van der Waals surface area contributed by atoms with Crippen LogP contribution in [-0.2, 0) is 19.5 Å². The third kappa shape index (κ3) is 4.39. The quantitative estimate of drug-likeness (QED) is 0.198. The van der Waals surface area contributed by atoms with Crippen LogP contribution in [0.15, 0.2) is 133 Å². The number of aromatic nitrogens is 4. The third-order valence-electron chi connectivity index (χ3n) is 10.1. The molecule has 5 heteroatoms. The SMILES string of the molecule is Cn1c(-c2ccc(-c3ccc4c(c3)C(C)(C)c3cc(-c5cccc(-c6[nH]c7ccccc7[n+]6C)c5)ccc3O4)cc2)nc2ccccc21. The zero-order valence-electron chi connectivity index (χ0n) is 27.5. The Balaban J connectivity index is 1.05. The molecule has 0 amide bonds. The van der Waals surface area contributed by atoms with Crippen LogP contribution in [0.3, 0.4) is 0 Å². The van der Waals surface area contributed by atoms with Crippen molar-refractivity contribution < 1.29 is 9.30 Å². The first-order chi connectivity index (χ1) is 23.3. The van der Waals surface area contributed by atoms with E-state index in [1.807, 2.05) is 6.07 Å². The van der Waals surface area contributed by atoms with Gasteiger partial charge in [0.05, 0.1) is 23.6 Å². The molecule has 1 N–H and O–H groups in total. The van der Waals surface area contributed by atoms with E-state index in [1.54, 1.807) is 0 Å². The molecule has 9 rings (SSSR count). The number of nitrogens with one attached hydrogen (secondary N) is 1. The van der Waals surface area contributed by atoms with Crippen LogP contribution in [0.1, 0.15) is 25.0 Å². The molecular weight excluding hydrogens is 589 g/mol. The number of fused-ring (bicyclic) bond motifs is 4. The van der Waals surface area contributed by atoms with Gasteiger partial charge < -0.3 is 9.30 Å². The van der Waals surface area contributed by atoms with Gasteiger partial charge in [0, 0.05) is 29.2 Å². The number of aromatic amines is 1. The second kappa shape index (κ2) is 10.5. The molecule has 3 heterocycles. The van der Waals surface area contributed by atoms with Crippen molar-refractivity contribution in [1.29, 1.82) is 0 Å². The molecule has 0 unspecified atom stereocenters. The van der Waals surface area contributed by atoms with E-state index in [1.165, 1.54) is 33.3 Å². The fourth-order valence-electron chi connectivity index (χ4n) is 7.37. The summed E-state index contributed by atoms with van der Waals surface area (Å²) < 4.78 is 10.9. The van der Waals surface area contributed by atoms with Crippen LogP contribution in [0.5, 0.6) is 11.5 Å². The molecule has 0 spiro atoms. The lowest BCUT2D eigenvalue weighted by Gasteiger charge is -2.35. The van der Waals surface area contributed by atoms with E-state index in [4.69, 9.17) is 9.72 Å². The van der Waals surface area contributed by atoms with Gasteiger partial charge in [-0.3, -0.25) is 0 Å². The highest BCUT2D eigenvalue weighted by Gasteiger charge is 2.35. The molecular formula is C43H35N4O+. The number of hydrogen-bond donors (Lipinski definition) is 1. The van der Waals surface area contributed by atoms with Crippen molar-refractivity contribution in [3.63, 3.8) is 0 Å². The van der Waals surface area contributed by atoms with Gasteiger partial charge in [-0.2, -0.15) is 0 Å². The molecule has 0 aliphatic carbocycles. The van der Waals surface area contributed by atoms with E-state index in [0.717, 1.165) is 56.4 Å². The number of aryl methyl sites for hydroxylation is 2. The zero-order chi connectivity index (χ0) is 32.6. The second-order valence-corrected chi connectivity index (χ2v) is 13.3. The Labute approximate surface area is 279 Å². The first-order valence-electron chi connectivity index (χ1n) is 16.4. The van der Waals surface area contributed by atoms with Gasteiger partial charge in [0.2, 0.25) is 0 Å². The first-order valence-corrected chi connectivity index (χ1v) is 16.4. The van der Waals surface area contributed by atoms with Crippen LogP contribution >= 0.6 is 0 Å². The number of ether oxygens (including phenoxy) is 1. The van der Waals surface area contributed by atoms with Crippen molar-refractivity contribution >= 4 is 22.1 Å². The van der Waals surface area contributed by atoms with E-state index in [2.05, 4.69) is 169 Å². The maximum atomic E-state index is 6.54. The first kappa shape index (κ1) is 28.3. The van der Waals surface area contributed by atoms with E-state index >= 15 is 0 Å². The van der Waals surface area contributed by atoms with Gasteiger partial charge in [0.25, 0.3) is 5.82 Å². The van der Waals surface area contributed by atoms with E-state index in [-0.39, 0.29) is 5.41 Å². The van der Waals surface area contributed by atoms with Crippen LogP contribution in [-0.4, -0.2) is 14.5 Å². The van der Waals surface area contributed by atoms with Gasteiger partial charge >= 0.3 is 0 Å². The van der Waals surface area contributed by atoms with Crippen molar-refractivity contribution in [3.05, 3.63) is 145 Å². The predicted molar refractivity (Wildman–Crippen MR) is 194 cm³/mol. The van der Waals surface area contributed by atoms with Crippen LogP contribution < -0.4 is 9.30 Å². The number of H-pyrrole nitrogens is 1. The smallest absolute Gasteiger partial charge is 0.287 e. The fraction of sp³-hybridized carbons (Fsp3) is 0.116. The third-order valence-corrected chi connectivity index (χ3v) is 10.1. The number of imidazole rings is 2. The molecule has 0 saturated heterocycles. The molecule has 8 aromatic rings. The van der Waals surface area contributed by atoms with E-state index < -0.39 is 0 Å². The highest BCUT2D eigenvalue weighted by molar-refractivity contribution is 5.81. The Kier molecular flexibility index (Phi) is 6.21. The molecule has 0 saturated carbocycles. The minimum Gasteiger partial charge on any atom is -0.457 e. The molecule has 2 aromatic heterocycles. The summed E-state index contributed by atoms with van der Waals surface area (Å²) in [6.07, 6.45) is 0. The normalized spacial score (nSPS) is 13.3. The lowest BCUT2D eigenvalue weighted by Crippen LogP contribution is -2.28. The lowest BCUT2D eigenvalue weighted by atomic mass is 9.74. The van der Waals surface area contributed by atoms with Gasteiger partial charge in [0.1, 0.15) is 17.3 Å². The monoisotopic (exact) mass is 623 g/mol. The Morgan fingerprint density at radius 2 is 1.23 bits per heavy atom. The van der Waals surface area contributed by atoms with E-state index in [9.17, 15) is 0 Å². The summed E-state index contributed by atoms with van der Waals surface area (Å²) in [5.41, 5.74) is 13.5. The van der Waals surface area contributed by atoms with Gasteiger partial charge in [-0.25, -0.2) is 14.5 Å². The molecule has 232 valence electrons. The number of para-hydroxylation sites is 4. The lowest BCUT2D eigenvalue weighted by molar-refractivity contribution is -0.633. The van der Waals surface area contributed by atoms with Crippen molar-refractivity contribution in [2.75, 3.05) is 0 Å². The maximum Gasteiger partial charge on any atom is 0.287 e. The molecule has 48 heavy (non-hydrogen) atoms. The van der Waals surface area contributed by atoms with E-state index in [0.29, 0.717) is 0 Å². The number of rotatable bonds is 4. The van der Waals surface area contributed by atoms with Crippen LogP contribution in [0.4, 0.5) is 0 Å². The summed E-state index contributed by atoms with van der Waals surface area (Å²) in [6, 6.07) is 47.3. The van der Waals surface area contributed by atoms with Crippen LogP contribution in [0.2, 0.25) is 0 Å². The van der Waals surface area contributed by atoms with Crippen molar-refractivity contribution in [3.8, 4) is 56.5 Å². The molecule has 0 bridgehead atoms. The second-order valence-electron chi connectivity index (χ2n) is 13.3. The summed E-state index contributed by atoms with van der Waals surface area (Å²) in [5.74, 6) is 3.88. The summed E-state index contributed by atoms with van der Waals surface area (Å²) in [4.78, 5) is 8.50. The molecule has 6 aromatic carbocycles. The summed E-state index contributed by atoms with van der Waals surface area (Å²) in [7, 11) is 4.19. The van der Waals surface area contributed by atoms with Gasteiger partial charge in [-0.1, -0.05) is 86.6 Å². The Morgan fingerprint density at radius 3 is 1.96 bits per heavy atom. The standard InChI is InChI=1S/C43H34N4O/c1-43(2)33-25-30(27-16-18-28(19-17-27)41-44-35-12-5-7-14-37(35)46(41)3)20-22-39(33)48-40-23-21-31(26-34(40)43)29-10-9-11-32(24-29)42-45-36-13-6-8-15-38(36)47(42)4/h5-26H,1-4H3/p+1. The fourth-order valence-corrected chi connectivity index (χ4v) is 7.37. The summed E-state index contributed by atoms with van der Waals surface area (Å²) in [6.45, 7) is 4.60. The number of nitrogens with zero attached hydrogens (tertiary/aromatic N) is 3. The Bertz CT molecular complexity index is 2530.